The molecule has 1 N–H and O–H groups in total. The van der Waals surface area contributed by atoms with Gasteiger partial charge in [0, 0.05) is 12.0 Å². The van der Waals surface area contributed by atoms with Crippen LogP contribution in [0, 0.1) is 17.0 Å². The maximum Gasteiger partial charge on any atom is 0.135 e. The second-order valence-electron chi connectivity index (χ2n) is 7.81. The predicted molar refractivity (Wildman–Crippen MR) is 93.4 cm³/mol. The van der Waals surface area contributed by atoms with E-state index >= 15 is 0 Å². The molecule has 2 bridgehead atoms. The van der Waals surface area contributed by atoms with Gasteiger partial charge in [0.25, 0.3) is 0 Å². The van der Waals surface area contributed by atoms with Gasteiger partial charge in [0.1, 0.15) is 11.6 Å². The number of rotatable bonds is 4. The standard InChI is InChI=1S/C20H23F2N3/c1-4-23-11-20-9-8-13(19(20,2)3)12-10-16(24-25-18(12)20)17-14(21)6-5-7-15(17)22/h5-7,10,13,23H,4,8-9,11H2,1-3H3/t13-,20+/m0/s1. The first-order valence-corrected chi connectivity index (χ1v) is 8.95. The molecule has 2 aliphatic carbocycles. The van der Waals surface area contributed by atoms with Gasteiger partial charge in [-0.1, -0.05) is 26.8 Å². The number of benzene rings is 1. The van der Waals surface area contributed by atoms with E-state index in [9.17, 15) is 8.78 Å². The first-order chi connectivity index (χ1) is 11.9. The largest absolute Gasteiger partial charge is 0.316 e. The van der Waals surface area contributed by atoms with Gasteiger partial charge in [-0.2, -0.15) is 10.2 Å². The summed E-state index contributed by atoms with van der Waals surface area (Å²) >= 11 is 0. The Labute approximate surface area is 146 Å². The molecule has 1 fully saturated rings. The smallest absolute Gasteiger partial charge is 0.135 e. The highest BCUT2D eigenvalue weighted by Gasteiger charge is 2.63. The Balaban J connectivity index is 1.85. The molecule has 2 aromatic rings. The summed E-state index contributed by atoms with van der Waals surface area (Å²) in [7, 11) is 0. The average molecular weight is 343 g/mol. The van der Waals surface area contributed by atoms with E-state index in [0.717, 1.165) is 37.2 Å². The second kappa shape index (κ2) is 5.56. The Morgan fingerprint density at radius 1 is 1.20 bits per heavy atom. The summed E-state index contributed by atoms with van der Waals surface area (Å²) in [6.45, 7) is 8.44. The molecule has 2 aliphatic rings. The molecule has 5 heteroatoms. The minimum Gasteiger partial charge on any atom is -0.316 e. The van der Waals surface area contributed by atoms with Crippen molar-refractivity contribution in [3.63, 3.8) is 0 Å². The number of halogens is 2. The molecule has 1 saturated carbocycles. The first-order valence-electron chi connectivity index (χ1n) is 8.95. The zero-order valence-corrected chi connectivity index (χ0v) is 14.9. The summed E-state index contributed by atoms with van der Waals surface area (Å²) in [5.74, 6) is -0.844. The first kappa shape index (κ1) is 16.6. The van der Waals surface area contributed by atoms with Crippen molar-refractivity contribution in [3.8, 4) is 11.3 Å². The minimum atomic E-state index is -0.598. The van der Waals surface area contributed by atoms with Crippen LogP contribution in [0.2, 0.25) is 0 Å². The number of hydrogen-bond donors (Lipinski definition) is 1. The molecule has 25 heavy (non-hydrogen) atoms. The molecule has 2 atom stereocenters. The molecule has 0 saturated heterocycles. The molecule has 0 unspecified atom stereocenters. The van der Waals surface area contributed by atoms with Crippen molar-refractivity contribution < 1.29 is 8.78 Å². The summed E-state index contributed by atoms with van der Waals surface area (Å²) in [5.41, 5.74) is 2.33. The predicted octanol–water partition coefficient (Wildman–Crippen LogP) is 4.19. The molecule has 1 heterocycles. The van der Waals surface area contributed by atoms with Crippen molar-refractivity contribution in [1.29, 1.82) is 0 Å². The minimum absolute atomic E-state index is 0.0533. The van der Waals surface area contributed by atoms with Crippen LogP contribution in [0.1, 0.15) is 50.8 Å². The Hall–Kier alpha value is -1.88. The molecular weight excluding hydrogens is 320 g/mol. The normalized spacial score (nSPS) is 26.0. The molecule has 0 aliphatic heterocycles. The third-order valence-corrected chi connectivity index (χ3v) is 6.51. The maximum atomic E-state index is 14.2. The Kier molecular flexibility index (Phi) is 3.69. The van der Waals surface area contributed by atoms with Crippen molar-refractivity contribution in [3.05, 3.63) is 47.2 Å². The Bertz CT molecular complexity index is 813. The molecule has 4 rings (SSSR count). The van der Waals surface area contributed by atoms with E-state index in [1.165, 1.54) is 18.2 Å². The van der Waals surface area contributed by atoms with Crippen molar-refractivity contribution >= 4 is 0 Å². The second-order valence-corrected chi connectivity index (χ2v) is 7.81. The van der Waals surface area contributed by atoms with E-state index in [0.29, 0.717) is 5.92 Å². The SMILES string of the molecule is CCNC[C@]12CC[C@@H](c3cc(-c4c(F)cccc4F)nnc31)C2(C)C. The van der Waals surface area contributed by atoms with E-state index in [-0.39, 0.29) is 22.1 Å². The molecule has 132 valence electrons. The molecule has 0 amide bonds. The fourth-order valence-electron chi connectivity index (χ4n) is 5.02. The Morgan fingerprint density at radius 3 is 2.60 bits per heavy atom. The van der Waals surface area contributed by atoms with Crippen molar-refractivity contribution in [2.45, 2.75) is 44.9 Å². The summed E-state index contributed by atoms with van der Waals surface area (Å²) < 4.78 is 28.3. The van der Waals surface area contributed by atoms with Crippen LogP contribution >= 0.6 is 0 Å². The van der Waals surface area contributed by atoms with Gasteiger partial charge in [-0.25, -0.2) is 8.78 Å². The molecule has 0 spiro atoms. The van der Waals surface area contributed by atoms with Gasteiger partial charge in [-0.05, 0) is 54.5 Å². The monoisotopic (exact) mass is 343 g/mol. The number of fused-ring (bicyclic) bond motifs is 5. The van der Waals surface area contributed by atoms with Gasteiger partial charge in [0.15, 0.2) is 0 Å². The topological polar surface area (TPSA) is 37.8 Å². The molecule has 3 nitrogen and oxygen atoms in total. The molecule has 1 aromatic heterocycles. The summed E-state index contributed by atoms with van der Waals surface area (Å²) in [6, 6.07) is 5.75. The highest BCUT2D eigenvalue weighted by molar-refractivity contribution is 5.63. The van der Waals surface area contributed by atoms with Crippen LogP contribution in [-0.4, -0.2) is 23.3 Å². The third kappa shape index (κ3) is 2.11. The van der Waals surface area contributed by atoms with Gasteiger partial charge >= 0.3 is 0 Å². The Morgan fingerprint density at radius 2 is 1.92 bits per heavy atom. The lowest BCUT2D eigenvalue weighted by molar-refractivity contribution is 0.200. The van der Waals surface area contributed by atoms with E-state index in [2.05, 4.69) is 36.3 Å². The summed E-state index contributed by atoms with van der Waals surface area (Å²) in [4.78, 5) is 0. The van der Waals surface area contributed by atoms with Crippen molar-refractivity contribution in [2.75, 3.05) is 13.1 Å². The highest BCUT2D eigenvalue weighted by atomic mass is 19.1. The van der Waals surface area contributed by atoms with Gasteiger partial charge in [0.05, 0.1) is 17.0 Å². The third-order valence-electron chi connectivity index (χ3n) is 6.51. The fourth-order valence-corrected chi connectivity index (χ4v) is 5.02. The van der Waals surface area contributed by atoms with Crippen LogP contribution < -0.4 is 5.32 Å². The zero-order chi connectivity index (χ0) is 17.8. The molecular formula is C20H23F2N3. The van der Waals surface area contributed by atoms with Crippen LogP contribution in [0.15, 0.2) is 24.3 Å². The number of nitrogens with zero attached hydrogens (tertiary/aromatic N) is 2. The van der Waals surface area contributed by atoms with Gasteiger partial charge in [-0.3, -0.25) is 0 Å². The van der Waals surface area contributed by atoms with E-state index in [1.807, 2.05) is 6.07 Å². The van der Waals surface area contributed by atoms with E-state index in [1.54, 1.807) is 0 Å². The van der Waals surface area contributed by atoms with E-state index in [4.69, 9.17) is 0 Å². The maximum absolute atomic E-state index is 14.2. The van der Waals surface area contributed by atoms with Crippen LogP contribution in [0.25, 0.3) is 11.3 Å². The summed E-state index contributed by atoms with van der Waals surface area (Å²) in [6.07, 6.45) is 2.16. The van der Waals surface area contributed by atoms with Crippen molar-refractivity contribution in [2.24, 2.45) is 5.41 Å². The zero-order valence-electron chi connectivity index (χ0n) is 14.9. The van der Waals surface area contributed by atoms with Gasteiger partial charge in [-0.15, -0.1) is 0 Å². The fraction of sp³-hybridized carbons (Fsp3) is 0.500. The lowest BCUT2D eigenvalue weighted by Crippen LogP contribution is -2.44. The van der Waals surface area contributed by atoms with Crippen LogP contribution in [-0.2, 0) is 5.41 Å². The quantitative estimate of drug-likeness (QED) is 0.905. The summed E-state index contributed by atoms with van der Waals surface area (Å²) in [5, 5.41) is 12.2. The molecule has 0 radical (unpaired) electrons. The van der Waals surface area contributed by atoms with Gasteiger partial charge in [0.2, 0.25) is 0 Å². The van der Waals surface area contributed by atoms with Gasteiger partial charge < -0.3 is 5.32 Å². The number of nitrogens with one attached hydrogen (secondary N) is 1. The average Bonchev–Trinajstić information content (AvgIpc) is 2.94. The van der Waals surface area contributed by atoms with Crippen LogP contribution in [0.3, 0.4) is 0 Å². The highest BCUT2D eigenvalue weighted by Crippen LogP contribution is 2.67. The number of likely N-dealkylation sites (N-methyl/N-ethyl adjacent to an activating group) is 1. The lowest BCUT2D eigenvalue weighted by Gasteiger charge is -2.38. The number of aromatic nitrogens is 2. The van der Waals surface area contributed by atoms with Crippen LogP contribution in [0.4, 0.5) is 8.78 Å². The number of hydrogen-bond acceptors (Lipinski definition) is 3. The lowest BCUT2D eigenvalue weighted by atomic mass is 9.68. The van der Waals surface area contributed by atoms with Crippen molar-refractivity contribution in [1.82, 2.24) is 15.5 Å². The van der Waals surface area contributed by atoms with E-state index < -0.39 is 11.6 Å². The molecule has 1 aromatic carbocycles. The van der Waals surface area contributed by atoms with Crippen LogP contribution in [0.5, 0.6) is 0 Å².